The van der Waals surface area contributed by atoms with Crippen LogP contribution in [-0.4, -0.2) is 23.4 Å². The SMILES string of the molecule is Cc1cc(-c2ccccc2OCCCOc2ccccc2-c2cc(C)cc(C3c4ccccc4-c4ccccc43)c2O)c(O)c(C2c3ccccc3-c3ccccc32)c1. The van der Waals surface area contributed by atoms with Gasteiger partial charge in [0.25, 0.3) is 0 Å². The average Bonchev–Trinajstić information content (AvgIpc) is 3.78. The Bertz CT molecular complexity index is 2600. The van der Waals surface area contributed by atoms with E-state index >= 15 is 0 Å². The number of rotatable bonds is 10. The van der Waals surface area contributed by atoms with Crippen molar-refractivity contribution in [2.45, 2.75) is 32.1 Å². The van der Waals surface area contributed by atoms with Gasteiger partial charge in [-0.3, -0.25) is 0 Å². The van der Waals surface area contributed by atoms with E-state index in [0.717, 1.165) is 44.5 Å². The quantitative estimate of drug-likeness (QED) is 0.136. The van der Waals surface area contributed by atoms with Crippen LogP contribution in [0.15, 0.2) is 170 Å². The van der Waals surface area contributed by atoms with E-state index < -0.39 is 0 Å². The highest BCUT2D eigenvalue weighted by Crippen LogP contribution is 2.53. The number of ether oxygens (including phenoxy) is 2. The molecule has 0 saturated heterocycles. The average molecular weight is 769 g/mol. The third kappa shape index (κ3) is 6.33. The van der Waals surface area contributed by atoms with Crippen molar-refractivity contribution in [3.8, 4) is 67.5 Å². The lowest BCUT2D eigenvalue weighted by atomic mass is 9.85. The third-order valence-corrected chi connectivity index (χ3v) is 12.0. The van der Waals surface area contributed by atoms with Gasteiger partial charge < -0.3 is 19.7 Å². The van der Waals surface area contributed by atoms with E-state index in [0.29, 0.717) is 31.1 Å². The molecule has 59 heavy (non-hydrogen) atoms. The molecule has 0 atom stereocenters. The van der Waals surface area contributed by atoms with E-state index in [2.05, 4.69) is 123 Å². The van der Waals surface area contributed by atoms with Crippen molar-refractivity contribution in [3.63, 3.8) is 0 Å². The highest BCUT2D eigenvalue weighted by Gasteiger charge is 2.34. The minimum atomic E-state index is -0.0707. The summed E-state index contributed by atoms with van der Waals surface area (Å²) in [5, 5.41) is 24.1. The van der Waals surface area contributed by atoms with Crippen molar-refractivity contribution in [2.75, 3.05) is 13.2 Å². The van der Waals surface area contributed by atoms with Gasteiger partial charge in [-0.25, -0.2) is 0 Å². The van der Waals surface area contributed by atoms with Crippen molar-refractivity contribution in [1.82, 2.24) is 0 Å². The molecule has 8 aromatic rings. The second kappa shape index (κ2) is 15.0. The van der Waals surface area contributed by atoms with Crippen LogP contribution in [0.5, 0.6) is 23.0 Å². The van der Waals surface area contributed by atoms with Gasteiger partial charge in [0.15, 0.2) is 0 Å². The van der Waals surface area contributed by atoms with Crippen molar-refractivity contribution < 1.29 is 19.7 Å². The first kappa shape index (κ1) is 36.3. The Hall–Kier alpha value is -7.04. The van der Waals surface area contributed by atoms with Crippen molar-refractivity contribution in [1.29, 1.82) is 0 Å². The zero-order valence-electron chi connectivity index (χ0n) is 33.2. The second-order valence-electron chi connectivity index (χ2n) is 15.8. The smallest absolute Gasteiger partial charge is 0.127 e. The summed E-state index contributed by atoms with van der Waals surface area (Å²) in [4.78, 5) is 0. The first-order chi connectivity index (χ1) is 29.0. The number of hydrogen-bond donors (Lipinski definition) is 2. The lowest BCUT2D eigenvalue weighted by Crippen LogP contribution is -2.07. The summed E-state index contributed by atoms with van der Waals surface area (Å²) in [5.74, 6) is 1.81. The molecule has 0 spiro atoms. The van der Waals surface area contributed by atoms with Gasteiger partial charge in [0.05, 0.1) is 13.2 Å². The third-order valence-electron chi connectivity index (χ3n) is 12.0. The lowest BCUT2D eigenvalue weighted by molar-refractivity contribution is 0.248. The molecule has 0 aromatic heterocycles. The Morgan fingerprint density at radius 3 is 1.02 bits per heavy atom. The monoisotopic (exact) mass is 768 g/mol. The first-order valence-electron chi connectivity index (χ1n) is 20.4. The van der Waals surface area contributed by atoms with Gasteiger partial charge in [-0.2, -0.15) is 0 Å². The predicted molar refractivity (Wildman–Crippen MR) is 238 cm³/mol. The van der Waals surface area contributed by atoms with Crippen molar-refractivity contribution in [3.05, 3.63) is 214 Å². The van der Waals surface area contributed by atoms with Crippen LogP contribution in [0.4, 0.5) is 0 Å². The molecule has 2 aliphatic rings. The molecule has 4 heteroatoms. The van der Waals surface area contributed by atoms with Gasteiger partial charge >= 0.3 is 0 Å². The molecule has 0 aliphatic heterocycles. The van der Waals surface area contributed by atoms with E-state index in [1.807, 2.05) is 60.7 Å². The van der Waals surface area contributed by atoms with E-state index in [1.54, 1.807) is 0 Å². The minimum Gasteiger partial charge on any atom is -0.507 e. The fourth-order valence-electron chi connectivity index (χ4n) is 9.50. The zero-order chi connectivity index (χ0) is 40.0. The van der Waals surface area contributed by atoms with Crippen molar-refractivity contribution in [2.24, 2.45) is 0 Å². The number of para-hydroxylation sites is 2. The molecule has 2 aliphatic carbocycles. The van der Waals surface area contributed by atoms with Crippen LogP contribution in [0, 0.1) is 13.8 Å². The number of hydrogen-bond acceptors (Lipinski definition) is 4. The van der Waals surface area contributed by atoms with Gasteiger partial charge in [-0.15, -0.1) is 0 Å². The van der Waals surface area contributed by atoms with E-state index in [9.17, 15) is 10.2 Å². The predicted octanol–water partition coefficient (Wildman–Crippen LogP) is 13.2. The maximum atomic E-state index is 12.1. The molecule has 8 aromatic carbocycles. The molecule has 0 amide bonds. The minimum absolute atomic E-state index is 0.0707. The Labute approximate surface area is 345 Å². The summed E-state index contributed by atoms with van der Waals surface area (Å²) >= 11 is 0. The van der Waals surface area contributed by atoms with E-state index in [1.165, 1.54) is 44.5 Å². The Morgan fingerprint density at radius 1 is 0.356 bits per heavy atom. The molecular weight excluding hydrogens is 725 g/mol. The van der Waals surface area contributed by atoms with Crippen LogP contribution in [-0.2, 0) is 0 Å². The van der Waals surface area contributed by atoms with Gasteiger partial charge in [-0.05, 0) is 93.7 Å². The maximum Gasteiger partial charge on any atom is 0.127 e. The Balaban J connectivity index is 0.880. The van der Waals surface area contributed by atoms with Gasteiger partial charge in [0.2, 0.25) is 0 Å². The molecule has 288 valence electrons. The molecular formula is C55H44O4. The molecule has 0 radical (unpaired) electrons. The van der Waals surface area contributed by atoms with Crippen LogP contribution in [0.1, 0.15) is 62.8 Å². The summed E-state index contributed by atoms with van der Waals surface area (Å²) in [6, 6.07) is 58.2. The lowest BCUT2D eigenvalue weighted by Gasteiger charge is -2.21. The first-order valence-corrected chi connectivity index (χ1v) is 20.4. The molecule has 0 saturated carbocycles. The highest BCUT2D eigenvalue weighted by atomic mass is 16.5. The van der Waals surface area contributed by atoms with Crippen LogP contribution >= 0.6 is 0 Å². The van der Waals surface area contributed by atoms with Crippen LogP contribution < -0.4 is 9.47 Å². The summed E-state index contributed by atoms with van der Waals surface area (Å²) in [5.41, 5.74) is 16.8. The second-order valence-corrected chi connectivity index (χ2v) is 15.8. The van der Waals surface area contributed by atoms with E-state index in [-0.39, 0.29) is 23.3 Å². The molecule has 0 heterocycles. The number of phenols is 2. The highest BCUT2D eigenvalue weighted by molar-refractivity contribution is 5.86. The number of phenolic OH excluding ortho intramolecular Hbond substituents is 2. The largest absolute Gasteiger partial charge is 0.507 e. The molecule has 0 fully saturated rings. The van der Waals surface area contributed by atoms with E-state index in [4.69, 9.17) is 9.47 Å². The summed E-state index contributed by atoms with van der Waals surface area (Å²) < 4.78 is 12.9. The van der Waals surface area contributed by atoms with Gasteiger partial charge in [0, 0.05) is 51.6 Å². The standard InChI is InChI=1S/C55H44O4/c1-34-30-46(54(56)48(32-34)52-42-22-7-3-16-36(42)37-17-4-8-23-43(37)52)40-20-11-13-26-50(40)58-28-15-29-59-51-27-14-12-21-41(51)47-31-35(2)33-49(55(47)57)53-44-24-9-5-18-38(44)39-19-6-10-25-45(39)53/h3-14,16-27,30-33,52-53,56-57H,15,28-29H2,1-2H3. The maximum absolute atomic E-state index is 12.1. The number of aryl methyl sites for hydroxylation is 2. The number of fused-ring (bicyclic) bond motifs is 6. The fourth-order valence-corrected chi connectivity index (χ4v) is 9.50. The Morgan fingerprint density at radius 2 is 0.661 bits per heavy atom. The molecule has 10 rings (SSSR count). The van der Waals surface area contributed by atoms with Crippen LogP contribution in [0.2, 0.25) is 0 Å². The number of aromatic hydroxyl groups is 2. The van der Waals surface area contributed by atoms with Crippen LogP contribution in [0.25, 0.3) is 44.5 Å². The number of benzene rings is 8. The fraction of sp³-hybridized carbons (Fsp3) is 0.127. The molecule has 4 nitrogen and oxygen atoms in total. The van der Waals surface area contributed by atoms with Gasteiger partial charge in [-0.1, -0.05) is 146 Å². The topological polar surface area (TPSA) is 58.9 Å². The van der Waals surface area contributed by atoms with Gasteiger partial charge in [0.1, 0.15) is 23.0 Å². The van der Waals surface area contributed by atoms with Crippen molar-refractivity contribution >= 4 is 0 Å². The Kier molecular flexibility index (Phi) is 9.26. The normalized spacial score (nSPS) is 12.8. The molecule has 0 unspecified atom stereocenters. The molecule has 2 N–H and O–H groups in total. The summed E-state index contributed by atoms with van der Waals surface area (Å²) in [6.07, 6.45) is 0.629. The molecule has 0 bridgehead atoms. The summed E-state index contributed by atoms with van der Waals surface area (Å²) in [6.45, 7) is 5.01. The summed E-state index contributed by atoms with van der Waals surface area (Å²) in [7, 11) is 0. The zero-order valence-corrected chi connectivity index (χ0v) is 33.2. The van der Waals surface area contributed by atoms with Crippen LogP contribution in [0.3, 0.4) is 0 Å².